The second kappa shape index (κ2) is 26.0. The molecule has 16 heteroatoms. The summed E-state index contributed by atoms with van der Waals surface area (Å²) in [5.74, 6) is -1.43. The molecule has 0 bridgehead atoms. The molecule has 378 valence electrons. The summed E-state index contributed by atoms with van der Waals surface area (Å²) in [5, 5.41) is 48.9. The van der Waals surface area contributed by atoms with Crippen molar-refractivity contribution in [1.82, 2.24) is 10.2 Å². The Morgan fingerprint density at radius 3 is 2.40 bits per heavy atom. The van der Waals surface area contributed by atoms with Gasteiger partial charge in [0, 0.05) is 62.8 Å². The fourth-order valence-corrected chi connectivity index (χ4v) is 11.1. The third-order valence-corrected chi connectivity index (χ3v) is 14.3. The number of oxime groups is 1. The molecular formula is C54H70N4O12. The molecule has 16 nitrogen and oxygen atoms in total. The van der Waals surface area contributed by atoms with E-state index < -0.39 is 28.8 Å². The second-order valence-corrected chi connectivity index (χ2v) is 18.8. The van der Waals surface area contributed by atoms with Gasteiger partial charge >= 0.3 is 6.09 Å². The van der Waals surface area contributed by atoms with Crippen LogP contribution in [0.25, 0.3) is 0 Å². The van der Waals surface area contributed by atoms with E-state index in [2.05, 4.69) is 18.0 Å². The van der Waals surface area contributed by atoms with E-state index in [-0.39, 0.29) is 95.1 Å². The van der Waals surface area contributed by atoms with Gasteiger partial charge < -0.3 is 49.3 Å². The minimum Gasteiger partial charge on any atom is -0.459 e. The Hall–Kier alpha value is -5.65. The first-order valence-electron chi connectivity index (χ1n) is 25.1. The fraction of sp³-hybridized carbons (Fsp3) is 0.537. The molecule has 0 radical (unpaired) electrons. The van der Waals surface area contributed by atoms with E-state index in [4.69, 9.17) is 28.9 Å². The molecule has 70 heavy (non-hydrogen) atoms. The van der Waals surface area contributed by atoms with Crippen LogP contribution in [0.1, 0.15) is 106 Å². The smallest absolute Gasteiger partial charge is 0.412 e. The van der Waals surface area contributed by atoms with Crippen molar-refractivity contribution in [1.29, 1.82) is 0 Å². The Labute approximate surface area is 410 Å². The normalized spacial score (nSPS) is 23.1. The maximum Gasteiger partial charge on any atom is 0.412 e. The standard InChI is InChI=1S/C54H70N4O12/c1-2-30-67-54-49(57(26-31-66-32-29-61)50(62)25-20-38-12-6-7-13-38)35-47(56-68-37-40-18-21-42(22-19-40)58(64)65)45-33-41(16-8-10-27-59)44(17-9-11-28-60)51(52(45)54)46-34-43(23-24-48(46)70-54)69-53(63)55-36-39-14-4-3-5-15-39/h2-5,14-15,18-19,21-24,33-34,38,41,44,49,51-52,59-61H,1,6-13,16-17,20,25-32,35-37H2,(H,55,63)/t41-,44+,49-,51+,52+,54+/m0/s1. The predicted octanol–water partition coefficient (Wildman–Crippen LogP) is 8.53. The Morgan fingerprint density at radius 1 is 0.929 bits per heavy atom. The number of rotatable bonds is 27. The van der Waals surface area contributed by atoms with E-state index in [0.29, 0.717) is 54.4 Å². The number of unbranched alkanes of at least 4 members (excludes halogenated alkanes) is 2. The SMILES string of the molecule is C=CCO[C@@]12Oc3ccc(OC(=O)NCc4ccccc4)cc3[C@H]3[C@H](CCCCO)[C@@H](CCCCO)C=C(C(=NOCc4ccc([N+](=O)[O-])cc4)C[C@@H]1N(CCOCCO)C(=O)CCC1CCCC1)[C@H]32. The van der Waals surface area contributed by atoms with E-state index in [0.717, 1.165) is 68.1 Å². The van der Waals surface area contributed by atoms with Crippen LogP contribution in [0, 0.1) is 33.8 Å². The lowest BCUT2D eigenvalue weighted by Crippen LogP contribution is -2.70. The van der Waals surface area contributed by atoms with Gasteiger partial charge in [0.2, 0.25) is 11.7 Å². The molecule has 0 saturated heterocycles. The number of ether oxygens (including phenoxy) is 4. The molecule has 4 N–H and O–H groups in total. The van der Waals surface area contributed by atoms with Crippen molar-refractivity contribution in [3.05, 3.63) is 124 Å². The van der Waals surface area contributed by atoms with Crippen molar-refractivity contribution < 1.29 is 53.6 Å². The minimum absolute atomic E-state index is 0.0146. The number of nitro benzene ring substituents is 1. The molecular weight excluding hydrogens is 897 g/mol. The van der Waals surface area contributed by atoms with Gasteiger partial charge in [-0.1, -0.05) is 86.2 Å². The molecule has 3 aromatic carbocycles. The highest BCUT2D eigenvalue weighted by atomic mass is 16.7. The van der Waals surface area contributed by atoms with Crippen molar-refractivity contribution in [2.24, 2.45) is 28.8 Å². The van der Waals surface area contributed by atoms with Gasteiger partial charge in [-0.15, -0.1) is 6.58 Å². The zero-order chi connectivity index (χ0) is 49.3. The highest BCUT2D eigenvalue weighted by Crippen LogP contribution is 2.62. The molecule has 0 unspecified atom stereocenters. The summed E-state index contributed by atoms with van der Waals surface area (Å²) >= 11 is 0. The summed E-state index contributed by atoms with van der Waals surface area (Å²) in [5.41, 5.74) is 3.76. The van der Waals surface area contributed by atoms with Crippen molar-refractivity contribution >= 4 is 23.4 Å². The summed E-state index contributed by atoms with van der Waals surface area (Å²) in [7, 11) is 0. The first kappa shape index (κ1) is 52.2. The third kappa shape index (κ3) is 13.0. The molecule has 2 saturated carbocycles. The molecule has 0 spiro atoms. The number of hydrogen-bond donors (Lipinski definition) is 4. The van der Waals surface area contributed by atoms with Crippen molar-refractivity contribution in [3.8, 4) is 11.5 Å². The Kier molecular flexibility index (Phi) is 19.4. The van der Waals surface area contributed by atoms with E-state index in [1.165, 1.54) is 12.1 Å². The Balaban J connectivity index is 1.37. The van der Waals surface area contributed by atoms with Crippen LogP contribution in [0.5, 0.6) is 11.5 Å². The zero-order valence-corrected chi connectivity index (χ0v) is 40.2. The molecule has 7 rings (SSSR count). The highest BCUT2D eigenvalue weighted by molar-refractivity contribution is 6.03. The van der Waals surface area contributed by atoms with Crippen LogP contribution >= 0.6 is 0 Å². The van der Waals surface area contributed by atoms with Crippen LogP contribution in [0.4, 0.5) is 10.5 Å². The molecule has 4 aliphatic rings. The van der Waals surface area contributed by atoms with Gasteiger partial charge in [0.1, 0.15) is 24.1 Å². The number of allylic oxidation sites excluding steroid dienone is 1. The van der Waals surface area contributed by atoms with E-state index in [1.807, 2.05) is 41.3 Å². The number of amides is 2. The average Bonchev–Trinajstić information content (AvgIpc) is 3.90. The number of nitrogens with zero attached hydrogens (tertiary/aromatic N) is 3. The maximum atomic E-state index is 15.0. The summed E-state index contributed by atoms with van der Waals surface area (Å²) in [6.07, 6.45) is 13.1. The van der Waals surface area contributed by atoms with Gasteiger partial charge in [0.05, 0.1) is 43.0 Å². The summed E-state index contributed by atoms with van der Waals surface area (Å²) in [4.78, 5) is 47.4. The van der Waals surface area contributed by atoms with Gasteiger partial charge in [-0.2, -0.15) is 0 Å². The van der Waals surface area contributed by atoms with Crippen molar-refractivity contribution in [2.75, 3.05) is 46.2 Å². The Morgan fingerprint density at radius 2 is 1.69 bits per heavy atom. The summed E-state index contributed by atoms with van der Waals surface area (Å²) in [6, 6.07) is 20.2. The molecule has 3 aromatic rings. The topological polar surface area (TPSA) is 212 Å². The Bertz CT molecular complexity index is 2250. The molecule has 3 aliphatic carbocycles. The quantitative estimate of drug-likeness (QED) is 0.0245. The molecule has 2 fully saturated rings. The highest BCUT2D eigenvalue weighted by Gasteiger charge is 2.65. The number of carbonyl (C=O) groups excluding carboxylic acids is 2. The molecule has 1 aliphatic heterocycles. The van der Waals surface area contributed by atoms with Crippen LogP contribution < -0.4 is 14.8 Å². The number of benzene rings is 3. The maximum absolute atomic E-state index is 15.0. The molecule has 1 heterocycles. The fourth-order valence-electron chi connectivity index (χ4n) is 11.1. The second-order valence-electron chi connectivity index (χ2n) is 18.8. The zero-order valence-electron chi connectivity index (χ0n) is 40.2. The monoisotopic (exact) mass is 966 g/mol. The number of non-ortho nitro benzene ring substituents is 1. The summed E-state index contributed by atoms with van der Waals surface area (Å²) < 4.78 is 26.3. The molecule has 2 amide bonds. The molecule has 0 aromatic heterocycles. The number of nitrogens with one attached hydrogen (secondary N) is 1. The van der Waals surface area contributed by atoms with Gasteiger partial charge in [-0.05, 0) is 96.9 Å². The lowest BCUT2D eigenvalue weighted by molar-refractivity contribution is -0.384. The lowest BCUT2D eigenvalue weighted by Gasteiger charge is -2.60. The minimum atomic E-state index is -1.52. The number of aliphatic hydroxyl groups excluding tert-OH is 3. The first-order chi connectivity index (χ1) is 34.2. The van der Waals surface area contributed by atoms with Crippen LogP contribution in [-0.4, -0.2) is 101 Å². The lowest BCUT2D eigenvalue weighted by atomic mass is 9.55. The third-order valence-electron chi connectivity index (χ3n) is 14.3. The van der Waals surface area contributed by atoms with Crippen LogP contribution in [0.15, 0.2) is 102 Å². The van der Waals surface area contributed by atoms with E-state index in [1.54, 1.807) is 30.3 Å². The summed E-state index contributed by atoms with van der Waals surface area (Å²) in [6.45, 7) is 4.71. The van der Waals surface area contributed by atoms with Gasteiger partial charge in [-0.3, -0.25) is 14.9 Å². The van der Waals surface area contributed by atoms with Gasteiger partial charge in [0.15, 0.2) is 0 Å². The van der Waals surface area contributed by atoms with E-state index in [9.17, 15) is 30.2 Å². The van der Waals surface area contributed by atoms with Crippen molar-refractivity contribution in [2.45, 2.75) is 114 Å². The van der Waals surface area contributed by atoms with Crippen molar-refractivity contribution in [3.63, 3.8) is 0 Å². The predicted molar refractivity (Wildman–Crippen MR) is 263 cm³/mol. The van der Waals surface area contributed by atoms with Crippen LogP contribution in [-0.2, 0) is 32.3 Å². The number of aliphatic hydroxyl groups is 3. The number of hydrogen-bond acceptors (Lipinski definition) is 13. The first-order valence-corrected chi connectivity index (χ1v) is 25.1. The van der Waals surface area contributed by atoms with Crippen LogP contribution in [0.3, 0.4) is 0 Å². The van der Waals surface area contributed by atoms with E-state index >= 15 is 4.79 Å². The van der Waals surface area contributed by atoms with Crippen LogP contribution in [0.2, 0.25) is 0 Å². The number of fused-ring (bicyclic) bond motifs is 2. The van der Waals surface area contributed by atoms with Gasteiger partial charge in [0.25, 0.3) is 5.69 Å². The van der Waals surface area contributed by atoms with Gasteiger partial charge in [-0.25, -0.2) is 4.79 Å². The number of carbonyl (C=O) groups is 2. The largest absolute Gasteiger partial charge is 0.459 e. The number of nitro groups is 1. The molecule has 6 atom stereocenters. The average molecular weight is 967 g/mol.